The molecule has 2 aliphatic rings. The Kier molecular flexibility index (Phi) is 1.74. The summed E-state index contributed by atoms with van der Waals surface area (Å²) in [6, 6.07) is 3.49. The van der Waals surface area contributed by atoms with Gasteiger partial charge in [-0.2, -0.15) is 0 Å². The third-order valence-corrected chi connectivity index (χ3v) is 2.22. The second-order valence-corrected chi connectivity index (χ2v) is 3.29. The van der Waals surface area contributed by atoms with Crippen molar-refractivity contribution in [2.24, 2.45) is 25.7 Å². The maximum atomic E-state index is 6.07. The van der Waals surface area contributed by atoms with Crippen LogP contribution in [0.2, 0.25) is 0 Å². The smallest absolute Gasteiger partial charge is 0.234 e. The molecule has 0 radical (unpaired) electrons. The van der Waals surface area contributed by atoms with Crippen molar-refractivity contribution in [1.29, 1.82) is 0 Å². The fraction of sp³-hybridized carbons (Fsp3) is 0.111. The van der Waals surface area contributed by atoms with E-state index in [4.69, 9.17) is 10.2 Å². The number of hydrogen-bond donors (Lipinski definition) is 2. The second kappa shape index (κ2) is 3.11. The summed E-state index contributed by atoms with van der Waals surface area (Å²) in [7, 11) is 0. The topological polar surface area (TPSA) is 101 Å². The number of nitrogens with one attached hydrogen (secondary N) is 1. The first kappa shape index (κ1) is 8.98. The molecule has 3 N–H and O–H groups in total. The Morgan fingerprint density at radius 2 is 2.25 bits per heavy atom. The highest BCUT2D eigenvalue weighted by atomic mass is 16.3. The molecular weight excluding hydrogens is 208 g/mol. The third-order valence-electron chi connectivity index (χ3n) is 2.22. The molecule has 1 atom stereocenters. The van der Waals surface area contributed by atoms with Crippen LogP contribution in [0.25, 0.3) is 0 Å². The molecule has 0 aliphatic carbocycles. The Bertz CT molecular complexity index is 526. The van der Waals surface area contributed by atoms with Crippen molar-refractivity contribution in [3.63, 3.8) is 0 Å². The summed E-state index contributed by atoms with van der Waals surface area (Å²) in [4.78, 5) is 16.0. The SMILES string of the molecule is NC1(Nc2ccco2)N=CN=C2N=CN=C21. The second-order valence-electron chi connectivity index (χ2n) is 3.29. The van der Waals surface area contributed by atoms with Gasteiger partial charge < -0.3 is 9.73 Å². The van der Waals surface area contributed by atoms with Crippen LogP contribution < -0.4 is 11.1 Å². The zero-order valence-corrected chi connectivity index (χ0v) is 8.16. The van der Waals surface area contributed by atoms with Gasteiger partial charge in [0.2, 0.25) is 5.79 Å². The van der Waals surface area contributed by atoms with Crippen molar-refractivity contribution < 1.29 is 4.42 Å². The molecule has 0 saturated carbocycles. The zero-order valence-electron chi connectivity index (χ0n) is 8.16. The maximum absolute atomic E-state index is 6.07. The Labute approximate surface area is 90.5 Å². The van der Waals surface area contributed by atoms with Crippen molar-refractivity contribution in [1.82, 2.24) is 0 Å². The summed E-state index contributed by atoms with van der Waals surface area (Å²) in [5.41, 5.74) is 6.55. The molecule has 0 saturated heterocycles. The molecule has 7 heteroatoms. The molecule has 3 rings (SSSR count). The molecule has 7 nitrogen and oxygen atoms in total. The summed E-state index contributed by atoms with van der Waals surface area (Å²) >= 11 is 0. The number of furan rings is 1. The minimum atomic E-state index is -1.18. The quantitative estimate of drug-likeness (QED) is 0.691. The van der Waals surface area contributed by atoms with Crippen LogP contribution >= 0.6 is 0 Å². The number of hydrogen-bond acceptors (Lipinski definition) is 7. The van der Waals surface area contributed by atoms with Gasteiger partial charge in [0, 0.05) is 6.07 Å². The summed E-state index contributed by atoms with van der Waals surface area (Å²) in [5, 5.41) is 2.93. The molecule has 80 valence electrons. The molecular formula is C9H8N6O. The lowest BCUT2D eigenvalue weighted by Crippen LogP contribution is -2.56. The lowest BCUT2D eigenvalue weighted by atomic mass is 10.2. The number of anilines is 1. The van der Waals surface area contributed by atoms with E-state index in [1.165, 1.54) is 12.7 Å². The van der Waals surface area contributed by atoms with Crippen molar-refractivity contribution in [3.8, 4) is 0 Å². The lowest BCUT2D eigenvalue weighted by Gasteiger charge is -2.26. The minimum Gasteiger partial charge on any atom is -0.449 e. The first-order chi connectivity index (χ1) is 7.78. The summed E-state index contributed by atoms with van der Waals surface area (Å²) < 4.78 is 5.15. The first-order valence-corrected chi connectivity index (χ1v) is 4.61. The molecule has 1 aromatic rings. The summed E-state index contributed by atoms with van der Waals surface area (Å²) in [6.45, 7) is 0. The van der Waals surface area contributed by atoms with E-state index in [0.29, 0.717) is 17.4 Å². The molecule has 0 amide bonds. The highest BCUT2D eigenvalue weighted by molar-refractivity contribution is 6.50. The average Bonchev–Trinajstić information content (AvgIpc) is 2.88. The van der Waals surface area contributed by atoms with E-state index in [-0.39, 0.29) is 0 Å². The first-order valence-electron chi connectivity index (χ1n) is 4.61. The predicted octanol–water partition coefficient (Wildman–Crippen LogP) is 0.227. The molecule has 3 heterocycles. The Morgan fingerprint density at radius 3 is 3.06 bits per heavy atom. The number of aliphatic imine (C=N–C) groups is 4. The lowest BCUT2D eigenvalue weighted by molar-refractivity contribution is 0.553. The normalized spacial score (nSPS) is 26.3. The summed E-state index contributed by atoms with van der Waals surface area (Å²) in [6.07, 6.45) is 4.29. The van der Waals surface area contributed by atoms with Gasteiger partial charge in [-0.3, -0.25) is 5.73 Å². The van der Waals surface area contributed by atoms with Gasteiger partial charge in [-0.25, -0.2) is 20.0 Å². The van der Waals surface area contributed by atoms with Gasteiger partial charge in [0.05, 0.1) is 6.26 Å². The van der Waals surface area contributed by atoms with Crippen LogP contribution in [0.1, 0.15) is 0 Å². The van der Waals surface area contributed by atoms with E-state index >= 15 is 0 Å². The van der Waals surface area contributed by atoms with Crippen LogP contribution in [-0.2, 0) is 0 Å². The van der Waals surface area contributed by atoms with E-state index in [2.05, 4.69) is 25.3 Å². The van der Waals surface area contributed by atoms with E-state index < -0.39 is 5.79 Å². The van der Waals surface area contributed by atoms with E-state index in [9.17, 15) is 0 Å². The zero-order chi connectivity index (χ0) is 11.0. The standard InChI is InChI=1S/C9H8N6O/c10-9(15-6-2-1-3-16-6)7-8(12-4-11-7)13-5-14-9/h1-5,15H,10H2. The molecule has 16 heavy (non-hydrogen) atoms. The van der Waals surface area contributed by atoms with Crippen molar-refractivity contribution in [2.45, 2.75) is 5.79 Å². The molecule has 1 aromatic heterocycles. The predicted molar refractivity (Wildman–Crippen MR) is 61.1 cm³/mol. The van der Waals surface area contributed by atoms with Crippen LogP contribution in [0.15, 0.2) is 42.8 Å². The van der Waals surface area contributed by atoms with Crippen LogP contribution in [-0.4, -0.2) is 30.0 Å². The van der Waals surface area contributed by atoms with Gasteiger partial charge in [0.25, 0.3) is 0 Å². The Morgan fingerprint density at radius 1 is 1.31 bits per heavy atom. The van der Waals surface area contributed by atoms with Gasteiger partial charge in [-0.1, -0.05) is 0 Å². The average molecular weight is 216 g/mol. The third kappa shape index (κ3) is 1.26. The van der Waals surface area contributed by atoms with Crippen LogP contribution in [0, 0.1) is 0 Å². The molecule has 0 bridgehead atoms. The van der Waals surface area contributed by atoms with Crippen molar-refractivity contribution in [2.75, 3.05) is 5.32 Å². The molecule has 1 unspecified atom stereocenters. The van der Waals surface area contributed by atoms with Gasteiger partial charge in [-0.05, 0) is 6.07 Å². The van der Waals surface area contributed by atoms with Gasteiger partial charge in [0.1, 0.15) is 12.7 Å². The summed E-state index contributed by atoms with van der Waals surface area (Å²) in [5.74, 6) is -0.196. The number of nitrogens with two attached hydrogens (primary N) is 1. The van der Waals surface area contributed by atoms with Crippen LogP contribution in [0.5, 0.6) is 0 Å². The highest BCUT2D eigenvalue weighted by Gasteiger charge is 2.38. The molecule has 0 spiro atoms. The molecule has 0 fully saturated rings. The van der Waals surface area contributed by atoms with Crippen molar-refractivity contribution in [3.05, 3.63) is 18.4 Å². The fourth-order valence-corrected chi connectivity index (χ4v) is 1.49. The van der Waals surface area contributed by atoms with Crippen LogP contribution in [0.4, 0.5) is 5.88 Å². The molecule has 2 aliphatic heterocycles. The van der Waals surface area contributed by atoms with E-state index in [0.717, 1.165) is 0 Å². The van der Waals surface area contributed by atoms with E-state index in [1.54, 1.807) is 18.4 Å². The van der Waals surface area contributed by atoms with Crippen LogP contribution in [0.3, 0.4) is 0 Å². The molecule has 0 aromatic carbocycles. The minimum absolute atomic E-state index is 0.469. The monoisotopic (exact) mass is 216 g/mol. The number of fused-ring (bicyclic) bond motifs is 1. The largest absolute Gasteiger partial charge is 0.449 e. The number of rotatable bonds is 2. The number of amidine groups is 1. The van der Waals surface area contributed by atoms with Gasteiger partial charge in [0.15, 0.2) is 17.4 Å². The Balaban J connectivity index is 1.94. The maximum Gasteiger partial charge on any atom is 0.234 e. The van der Waals surface area contributed by atoms with Gasteiger partial charge in [-0.15, -0.1) is 0 Å². The fourth-order valence-electron chi connectivity index (χ4n) is 1.49. The number of nitrogens with zero attached hydrogens (tertiary/aromatic N) is 4. The van der Waals surface area contributed by atoms with Gasteiger partial charge >= 0.3 is 0 Å². The van der Waals surface area contributed by atoms with E-state index in [1.807, 2.05) is 0 Å². The highest BCUT2D eigenvalue weighted by Crippen LogP contribution is 2.19. The Hall–Kier alpha value is -2.28. The van der Waals surface area contributed by atoms with Crippen molar-refractivity contribution >= 4 is 30.1 Å².